The first kappa shape index (κ1) is 17.5. The summed E-state index contributed by atoms with van der Waals surface area (Å²) in [6, 6.07) is 13.4. The van der Waals surface area contributed by atoms with E-state index < -0.39 is 24.2 Å². The number of ketones is 2. The third-order valence-corrected chi connectivity index (χ3v) is 3.25. The van der Waals surface area contributed by atoms with E-state index in [-0.39, 0.29) is 5.56 Å². The van der Waals surface area contributed by atoms with Crippen LogP contribution in [-0.4, -0.2) is 17.7 Å². The third kappa shape index (κ3) is 4.82. The highest BCUT2D eigenvalue weighted by Crippen LogP contribution is 2.19. The summed E-state index contributed by atoms with van der Waals surface area (Å²) >= 11 is 0. The zero-order valence-corrected chi connectivity index (χ0v) is 12.8. The molecule has 0 aromatic heterocycles. The molecular formula is C19H13F3O2. The first-order valence-electron chi connectivity index (χ1n) is 7.08. The molecule has 2 aromatic carbocycles. The average Bonchev–Trinajstić information content (AvgIpc) is 2.54. The van der Waals surface area contributed by atoms with Gasteiger partial charge in [0.1, 0.15) is 0 Å². The van der Waals surface area contributed by atoms with Crippen LogP contribution in [0.15, 0.2) is 48.5 Å². The van der Waals surface area contributed by atoms with Gasteiger partial charge in [0.25, 0.3) is 0 Å². The topological polar surface area (TPSA) is 34.1 Å². The van der Waals surface area contributed by atoms with E-state index in [0.29, 0.717) is 5.56 Å². The number of hydrogen-bond acceptors (Lipinski definition) is 2. The molecule has 24 heavy (non-hydrogen) atoms. The molecule has 0 fully saturated rings. The number of carbonyl (C=O) groups excluding carboxylic acids is 2. The molecule has 0 unspecified atom stereocenters. The van der Waals surface area contributed by atoms with Crippen molar-refractivity contribution >= 4 is 11.6 Å². The van der Waals surface area contributed by atoms with Gasteiger partial charge in [0, 0.05) is 16.7 Å². The fourth-order valence-corrected chi connectivity index (χ4v) is 1.87. The third-order valence-electron chi connectivity index (χ3n) is 3.25. The van der Waals surface area contributed by atoms with Crippen molar-refractivity contribution in [1.82, 2.24) is 0 Å². The Balaban J connectivity index is 2.07. The zero-order chi connectivity index (χ0) is 17.7. The lowest BCUT2D eigenvalue weighted by atomic mass is 10.0. The van der Waals surface area contributed by atoms with Crippen molar-refractivity contribution in [3.05, 3.63) is 70.8 Å². The molecule has 2 rings (SSSR count). The largest absolute Gasteiger partial charge is 0.450 e. The number of Topliss-reactive ketones (excluding diaryl/α,β-unsaturated/α-hetero) is 2. The summed E-state index contributed by atoms with van der Waals surface area (Å²) in [5, 5.41) is 0. The summed E-state index contributed by atoms with van der Waals surface area (Å²) in [6.07, 6.45) is -6.17. The molecule has 0 spiro atoms. The summed E-state index contributed by atoms with van der Waals surface area (Å²) < 4.78 is 36.5. The van der Waals surface area contributed by atoms with Gasteiger partial charge in [-0.3, -0.25) is 9.59 Å². The minimum Gasteiger partial charge on any atom is -0.294 e. The van der Waals surface area contributed by atoms with Crippen molar-refractivity contribution in [2.24, 2.45) is 0 Å². The first-order valence-corrected chi connectivity index (χ1v) is 7.08. The standard InChI is InChI=1S/C19H13F3O2/c1-13-2-4-14(5-3-13)6-7-15-8-10-16(11-9-15)17(23)12-18(24)19(20,21)22/h2-5,8-11H,12H2,1H3. The van der Waals surface area contributed by atoms with E-state index in [2.05, 4.69) is 11.8 Å². The monoisotopic (exact) mass is 330 g/mol. The maximum atomic E-state index is 12.2. The van der Waals surface area contributed by atoms with Crippen LogP contribution >= 0.6 is 0 Å². The van der Waals surface area contributed by atoms with Gasteiger partial charge in [-0.2, -0.15) is 13.2 Å². The molecule has 2 nitrogen and oxygen atoms in total. The Morgan fingerprint density at radius 2 is 1.33 bits per heavy atom. The van der Waals surface area contributed by atoms with Gasteiger partial charge in [-0.1, -0.05) is 41.7 Å². The van der Waals surface area contributed by atoms with E-state index in [1.165, 1.54) is 24.3 Å². The maximum Gasteiger partial charge on any atom is 0.450 e. The molecule has 0 saturated carbocycles. The minimum atomic E-state index is -4.99. The van der Waals surface area contributed by atoms with Crippen LogP contribution in [0.2, 0.25) is 0 Å². The first-order chi connectivity index (χ1) is 11.3. The Bertz CT molecular complexity index is 805. The van der Waals surface area contributed by atoms with Crippen LogP contribution in [0.3, 0.4) is 0 Å². The second kappa shape index (κ2) is 7.14. The van der Waals surface area contributed by atoms with E-state index in [4.69, 9.17) is 0 Å². The Morgan fingerprint density at radius 1 is 0.875 bits per heavy atom. The Morgan fingerprint density at radius 3 is 1.79 bits per heavy atom. The van der Waals surface area contributed by atoms with Crippen molar-refractivity contribution in [3.63, 3.8) is 0 Å². The fourth-order valence-electron chi connectivity index (χ4n) is 1.87. The molecule has 122 valence electrons. The van der Waals surface area contributed by atoms with E-state index in [1.807, 2.05) is 31.2 Å². The van der Waals surface area contributed by atoms with Gasteiger partial charge in [0.15, 0.2) is 5.78 Å². The number of halogens is 3. The van der Waals surface area contributed by atoms with E-state index in [9.17, 15) is 22.8 Å². The average molecular weight is 330 g/mol. The normalized spacial score (nSPS) is 10.7. The summed E-state index contributed by atoms with van der Waals surface area (Å²) in [5.41, 5.74) is 2.62. The second-order valence-corrected chi connectivity index (χ2v) is 5.21. The Kier molecular flexibility index (Phi) is 5.20. The molecule has 0 N–H and O–H groups in total. The summed E-state index contributed by atoms with van der Waals surface area (Å²) in [5.74, 6) is 2.94. The van der Waals surface area contributed by atoms with Crippen molar-refractivity contribution in [2.45, 2.75) is 19.5 Å². The lowest BCUT2D eigenvalue weighted by molar-refractivity contribution is -0.170. The number of aryl methyl sites for hydroxylation is 1. The van der Waals surface area contributed by atoms with Gasteiger partial charge >= 0.3 is 6.18 Å². The molecule has 0 radical (unpaired) electrons. The molecular weight excluding hydrogens is 317 g/mol. The SMILES string of the molecule is Cc1ccc(C#Cc2ccc(C(=O)CC(=O)C(F)(F)F)cc2)cc1. The van der Waals surface area contributed by atoms with Crippen molar-refractivity contribution in [2.75, 3.05) is 0 Å². The molecule has 0 aliphatic rings. The fraction of sp³-hybridized carbons (Fsp3) is 0.158. The van der Waals surface area contributed by atoms with E-state index in [1.54, 1.807) is 0 Å². The molecule has 0 atom stereocenters. The minimum absolute atomic E-state index is 0.0495. The number of alkyl halides is 3. The van der Waals surface area contributed by atoms with Gasteiger partial charge < -0.3 is 0 Å². The number of carbonyl (C=O) groups is 2. The van der Waals surface area contributed by atoms with Crippen LogP contribution in [-0.2, 0) is 4.79 Å². The lowest BCUT2D eigenvalue weighted by Crippen LogP contribution is -2.25. The summed E-state index contributed by atoms with van der Waals surface area (Å²) in [7, 11) is 0. The molecule has 0 bridgehead atoms. The van der Waals surface area contributed by atoms with Crippen LogP contribution in [0.25, 0.3) is 0 Å². The lowest BCUT2D eigenvalue weighted by Gasteiger charge is -2.04. The molecule has 0 heterocycles. The van der Waals surface area contributed by atoms with Crippen LogP contribution in [0.1, 0.15) is 33.5 Å². The van der Waals surface area contributed by atoms with Crippen molar-refractivity contribution in [3.8, 4) is 11.8 Å². The van der Waals surface area contributed by atoms with Gasteiger partial charge in [-0.15, -0.1) is 0 Å². The van der Waals surface area contributed by atoms with Gasteiger partial charge in [-0.25, -0.2) is 0 Å². The molecule has 0 aliphatic heterocycles. The van der Waals surface area contributed by atoms with Gasteiger partial charge in [0.2, 0.25) is 5.78 Å². The number of benzene rings is 2. The zero-order valence-electron chi connectivity index (χ0n) is 12.8. The predicted octanol–water partition coefficient (Wildman–Crippen LogP) is 4.10. The maximum absolute atomic E-state index is 12.2. The van der Waals surface area contributed by atoms with E-state index >= 15 is 0 Å². The van der Waals surface area contributed by atoms with Crippen LogP contribution in [0.4, 0.5) is 13.2 Å². The molecule has 2 aromatic rings. The number of rotatable bonds is 3. The van der Waals surface area contributed by atoms with Crippen LogP contribution < -0.4 is 0 Å². The molecule has 0 saturated heterocycles. The number of hydrogen-bond donors (Lipinski definition) is 0. The van der Waals surface area contributed by atoms with Crippen LogP contribution in [0, 0.1) is 18.8 Å². The van der Waals surface area contributed by atoms with Crippen molar-refractivity contribution < 1.29 is 22.8 Å². The van der Waals surface area contributed by atoms with Gasteiger partial charge in [-0.05, 0) is 31.2 Å². The highest BCUT2D eigenvalue weighted by molar-refractivity contribution is 6.09. The smallest absolute Gasteiger partial charge is 0.294 e. The Hall–Kier alpha value is -2.87. The predicted molar refractivity (Wildman–Crippen MR) is 83.6 cm³/mol. The molecule has 0 amide bonds. The molecule has 0 aliphatic carbocycles. The highest BCUT2D eigenvalue weighted by Gasteiger charge is 2.39. The summed E-state index contributed by atoms with van der Waals surface area (Å²) in [4.78, 5) is 22.5. The molecule has 5 heteroatoms. The Labute approximate surface area is 137 Å². The van der Waals surface area contributed by atoms with E-state index in [0.717, 1.165) is 11.1 Å². The van der Waals surface area contributed by atoms with Gasteiger partial charge in [0.05, 0.1) is 6.42 Å². The second-order valence-electron chi connectivity index (χ2n) is 5.21. The quantitative estimate of drug-likeness (QED) is 0.482. The highest BCUT2D eigenvalue weighted by atomic mass is 19.4. The summed E-state index contributed by atoms with van der Waals surface area (Å²) in [6.45, 7) is 1.97. The van der Waals surface area contributed by atoms with Crippen molar-refractivity contribution in [1.29, 1.82) is 0 Å². The van der Waals surface area contributed by atoms with Crippen LogP contribution in [0.5, 0.6) is 0 Å².